The molecule has 6 nitrogen and oxygen atoms in total. The lowest BCUT2D eigenvalue weighted by Crippen LogP contribution is -2.42. The molecule has 0 bridgehead atoms. The first-order valence-corrected chi connectivity index (χ1v) is 10.8. The van der Waals surface area contributed by atoms with Crippen molar-refractivity contribution in [2.75, 3.05) is 5.32 Å². The molecular weight excluding hydrogens is 424 g/mol. The van der Waals surface area contributed by atoms with Gasteiger partial charge in [-0.3, -0.25) is 4.79 Å². The highest BCUT2D eigenvalue weighted by molar-refractivity contribution is 6.30. The Morgan fingerprint density at radius 1 is 0.969 bits per heavy atom. The molecule has 164 valence electrons. The zero-order chi connectivity index (χ0) is 22.9. The molecule has 1 N–H and O–H groups in total. The van der Waals surface area contributed by atoms with E-state index < -0.39 is 5.60 Å². The Labute approximate surface area is 192 Å². The van der Waals surface area contributed by atoms with Crippen LogP contribution in [0.2, 0.25) is 5.02 Å². The predicted octanol–water partition coefficient (Wildman–Crippen LogP) is 5.99. The number of fused-ring (bicyclic) bond motifs is 1. The Bertz CT molecular complexity index is 1250. The summed E-state index contributed by atoms with van der Waals surface area (Å²) in [7, 11) is 0. The van der Waals surface area contributed by atoms with Gasteiger partial charge in [-0.25, -0.2) is 0 Å². The van der Waals surface area contributed by atoms with Gasteiger partial charge in [-0.2, -0.15) is 4.80 Å². The Morgan fingerprint density at radius 2 is 1.62 bits per heavy atom. The first-order chi connectivity index (χ1) is 15.2. The van der Waals surface area contributed by atoms with E-state index in [0.717, 1.165) is 11.2 Å². The molecule has 0 spiro atoms. The zero-order valence-corrected chi connectivity index (χ0v) is 19.2. The SMILES string of the molecule is CC(C)c1ccc(-n2nc3ccc(NC(=O)C(C)(C)Oc4ccc(Cl)cc4)cc3n2)cc1. The van der Waals surface area contributed by atoms with E-state index in [4.69, 9.17) is 16.3 Å². The van der Waals surface area contributed by atoms with Gasteiger partial charge in [0.15, 0.2) is 5.60 Å². The summed E-state index contributed by atoms with van der Waals surface area (Å²) in [5.41, 5.74) is 3.11. The molecule has 3 aromatic carbocycles. The Morgan fingerprint density at radius 3 is 2.28 bits per heavy atom. The van der Waals surface area contributed by atoms with E-state index in [1.54, 1.807) is 55.0 Å². The van der Waals surface area contributed by atoms with Crippen molar-refractivity contribution in [2.24, 2.45) is 0 Å². The molecule has 0 saturated heterocycles. The number of carbonyl (C=O) groups excluding carboxylic acids is 1. The smallest absolute Gasteiger partial charge is 0.267 e. The number of aromatic nitrogens is 3. The van der Waals surface area contributed by atoms with E-state index in [0.29, 0.717) is 27.9 Å². The maximum atomic E-state index is 12.9. The van der Waals surface area contributed by atoms with Crippen LogP contribution < -0.4 is 10.1 Å². The fourth-order valence-electron chi connectivity index (χ4n) is 3.23. The van der Waals surface area contributed by atoms with E-state index in [1.807, 2.05) is 18.2 Å². The van der Waals surface area contributed by atoms with Gasteiger partial charge in [0.2, 0.25) is 0 Å². The Hall–Kier alpha value is -3.38. The van der Waals surface area contributed by atoms with Crippen LogP contribution in [0.25, 0.3) is 16.7 Å². The monoisotopic (exact) mass is 448 g/mol. The zero-order valence-electron chi connectivity index (χ0n) is 18.5. The van der Waals surface area contributed by atoms with Gasteiger partial charge in [0.05, 0.1) is 5.69 Å². The van der Waals surface area contributed by atoms with E-state index >= 15 is 0 Å². The van der Waals surface area contributed by atoms with Crippen LogP contribution in [0.1, 0.15) is 39.2 Å². The minimum absolute atomic E-state index is 0.275. The summed E-state index contributed by atoms with van der Waals surface area (Å²) in [6.07, 6.45) is 0. The average Bonchev–Trinajstić information content (AvgIpc) is 3.18. The summed E-state index contributed by atoms with van der Waals surface area (Å²) in [5.74, 6) is 0.757. The van der Waals surface area contributed by atoms with Crippen LogP contribution in [-0.4, -0.2) is 26.5 Å². The second-order valence-corrected chi connectivity index (χ2v) is 8.90. The van der Waals surface area contributed by atoms with E-state index in [9.17, 15) is 4.79 Å². The van der Waals surface area contributed by atoms with Crippen molar-refractivity contribution in [3.8, 4) is 11.4 Å². The van der Waals surface area contributed by atoms with E-state index in [2.05, 4.69) is 41.5 Å². The van der Waals surface area contributed by atoms with Crippen molar-refractivity contribution in [3.63, 3.8) is 0 Å². The number of ether oxygens (including phenoxy) is 1. The van der Waals surface area contributed by atoms with Gasteiger partial charge in [-0.1, -0.05) is 37.6 Å². The average molecular weight is 449 g/mol. The van der Waals surface area contributed by atoms with E-state index in [-0.39, 0.29) is 5.91 Å². The maximum absolute atomic E-state index is 12.9. The molecule has 1 heterocycles. The normalized spacial score (nSPS) is 11.7. The number of benzene rings is 3. The number of hydrogen-bond acceptors (Lipinski definition) is 4. The van der Waals surface area contributed by atoms with Crippen LogP contribution in [0.15, 0.2) is 66.7 Å². The minimum atomic E-state index is -1.08. The third-order valence-electron chi connectivity index (χ3n) is 5.16. The number of halogens is 1. The van der Waals surface area contributed by atoms with Gasteiger partial charge in [-0.05, 0) is 79.9 Å². The maximum Gasteiger partial charge on any atom is 0.267 e. The second kappa shape index (κ2) is 8.63. The summed E-state index contributed by atoms with van der Waals surface area (Å²) >= 11 is 5.91. The molecule has 0 unspecified atom stereocenters. The first kappa shape index (κ1) is 21.8. The number of amides is 1. The van der Waals surface area contributed by atoms with Gasteiger partial charge in [0.25, 0.3) is 5.91 Å². The van der Waals surface area contributed by atoms with Crippen LogP contribution in [0.4, 0.5) is 5.69 Å². The van der Waals surface area contributed by atoms with Crippen molar-refractivity contribution in [1.29, 1.82) is 0 Å². The van der Waals surface area contributed by atoms with Gasteiger partial charge in [0.1, 0.15) is 16.8 Å². The molecule has 0 aliphatic carbocycles. The third-order valence-corrected chi connectivity index (χ3v) is 5.41. The fourth-order valence-corrected chi connectivity index (χ4v) is 3.35. The lowest BCUT2D eigenvalue weighted by molar-refractivity contribution is -0.128. The number of rotatable bonds is 6. The van der Waals surface area contributed by atoms with Gasteiger partial charge in [-0.15, -0.1) is 10.2 Å². The third kappa shape index (κ3) is 4.75. The van der Waals surface area contributed by atoms with Crippen molar-refractivity contribution in [2.45, 2.75) is 39.2 Å². The van der Waals surface area contributed by atoms with Crippen LogP contribution >= 0.6 is 11.6 Å². The molecule has 7 heteroatoms. The Kier molecular flexibility index (Phi) is 5.89. The molecule has 0 saturated carbocycles. The molecule has 0 aliphatic heterocycles. The number of carbonyl (C=O) groups is 1. The first-order valence-electron chi connectivity index (χ1n) is 10.4. The lowest BCUT2D eigenvalue weighted by atomic mass is 10.0. The molecule has 4 aromatic rings. The molecule has 1 aromatic heterocycles. The number of nitrogens with one attached hydrogen (secondary N) is 1. The highest BCUT2D eigenvalue weighted by Crippen LogP contribution is 2.24. The summed E-state index contributed by atoms with van der Waals surface area (Å²) in [4.78, 5) is 14.5. The van der Waals surface area contributed by atoms with Crippen LogP contribution in [0, 0.1) is 0 Å². The molecule has 0 aliphatic rings. The van der Waals surface area contributed by atoms with E-state index in [1.165, 1.54) is 5.56 Å². The summed E-state index contributed by atoms with van der Waals surface area (Å²) < 4.78 is 5.86. The molecule has 4 rings (SSSR count). The largest absolute Gasteiger partial charge is 0.478 e. The molecular formula is C25H25ClN4O2. The minimum Gasteiger partial charge on any atom is -0.478 e. The lowest BCUT2D eigenvalue weighted by Gasteiger charge is -2.25. The summed E-state index contributed by atoms with van der Waals surface area (Å²) in [5, 5.41) is 12.6. The van der Waals surface area contributed by atoms with Crippen LogP contribution in [0.3, 0.4) is 0 Å². The molecule has 0 fully saturated rings. The highest BCUT2D eigenvalue weighted by Gasteiger charge is 2.30. The van der Waals surface area contributed by atoms with Gasteiger partial charge >= 0.3 is 0 Å². The van der Waals surface area contributed by atoms with Gasteiger partial charge < -0.3 is 10.1 Å². The van der Waals surface area contributed by atoms with Crippen LogP contribution in [0.5, 0.6) is 5.75 Å². The molecule has 0 atom stereocenters. The summed E-state index contributed by atoms with van der Waals surface area (Å²) in [6.45, 7) is 7.75. The number of nitrogens with zero attached hydrogens (tertiary/aromatic N) is 3. The van der Waals surface area contributed by atoms with Crippen molar-refractivity contribution in [1.82, 2.24) is 15.0 Å². The fraction of sp³-hybridized carbons (Fsp3) is 0.240. The van der Waals surface area contributed by atoms with Gasteiger partial charge in [0, 0.05) is 10.7 Å². The quantitative estimate of drug-likeness (QED) is 0.393. The topological polar surface area (TPSA) is 69.0 Å². The molecule has 0 radical (unpaired) electrons. The highest BCUT2D eigenvalue weighted by atomic mass is 35.5. The standard InChI is InChI=1S/C25H25ClN4O2/c1-16(2)17-5-10-20(11-6-17)30-28-22-14-9-19(15-23(22)29-30)27-24(31)25(3,4)32-21-12-7-18(26)8-13-21/h5-16H,1-4H3,(H,27,31). The van der Waals surface area contributed by atoms with Crippen molar-refractivity contribution >= 4 is 34.2 Å². The number of anilines is 1. The molecule has 32 heavy (non-hydrogen) atoms. The number of hydrogen-bond donors (Lipinski definition) is 1. The predicted molar refractivity (Wildman–Crippen MR) is 128 cm³/mol. The molecule has 1 amide bonds. The van der Waals surface area contributed by atoms with Crippen molar-refractivity contribution in [3.05, 3.63) is 77.3 Å². The second-order valence-electron chi connectivity index (χ2n) is 8.46. The van der Waals surface area contributed by atoms with Crippen LogP contribution in [-0.2, 0) is 4.79 Å². The Balaban J connectivity index is 1.50. The van der Waals surface area contributed by atoms with Crippen molar-refractivity contribution < 1.29 is 9.53 Å². The summed E-state index contributed by atoms with van der Waals surface area (Å²) in [6, 6.07) is 20.5.